The number of nitrogens with zero attached hydrogens (tertiary/aromatic N) is 1. The van der Waals surface area contributed by atoms with Crippen molar-refractivity contribution in [2.24, 2.45) is 5.41 Å². The van der Waals surface area contributed by atoms with E-state index in [9.17, 15) is 9.59 Å². The Morgan fingerprint density at radius 3 is 2.58 bits per heavy atom. The van der Waals surface area contributed by atoms with Crippen LogP contribution >= 0.6 is 0 Å². The van der Waals surface area contributed by atoms with Crippen LogP contribution in [-0.2, 0) is 22.6 Å². The molecular formula is C19H21N3O2. The molecular weight excluding hydrogens is 302 g/mol. The number of hydrogen-bond acceptors (Lipinski definition) is 3. The maximum Gasteiger partial charge on any atom is 0.240 e. The summed E-state index contributed by atoms with van der Waals surface area (Å²) in [5.74, 6) is -0.426. The smallest absolute Gasteiger partial charge is 0.240 e. The van der Waals surface area contributed by atoms with Crippen molar-refractivity contribution in [3.8, 4) is 0 Å². The van der Waals surface area contributed by atoms with Crippen LogP contribution in [0.5, 0.6) is 0 Å². The lowest BCUT2D eigenvalue weighted by Gasteiger charge is -2.17. The molecule has 0 unspecified atom stereocenters. The summed E-state index contributed by atoms with van der Waals surface area (Å²) in [4.78, 5) is 29.1. The Balaban J connectivity index is 1.64. The number of amides is 2. The third-order valence-electron chi connectivity index (χ3n) is 4.44. The molecule has 1 aromatic carbocycles. The van der Waals surface area contributed by atoms with Crippen molar-refractivity contribution in [1.29, 1.82) is 0 Å². The van der Waals surface area contributed by atoms with Gasteiger partial charge in [-0.3, -0.25) is 14.6 Å². The number of benzene rings is 1. The molecule has 24 heavy (non-hydrogen) atoms. The fourth-order valence-corrected chi connectivity index (χ4v) is 2.73. The van der Waals surface area contributed by atoms with Crippen molar-refractivity contribution in [1.82, 2.24) is 10.3 Å². The first kappa shape index (κ1) is 16.2. The van der Waals surface area contributed by atoms with E-state index >= 15 is 0 Å². The molecule has 0 spiro atoms. The minimum atomic E-state index is -0.928. The molecule has 0 radical (unpaired) electrons. The Hall–Kier alpha value is -2.69. The van der Waals surface area contributed by atoms with Crippen molar-refractivity contribution in [2.45, 2.75) is 32.7 Å². The molecule has 1 fully saturated rings. The van der Waals surface area contributed by atoms with Gasteiger partial charge in [0, 0.05) is 24.6 Å². The highest BCUT2D eigenvalue weighted by Gasteiger charge is 2.56. The topological polar surface area (TPSA) is 71.1 Å². The molecule has 2 aromatic rings. The first-order valence-electron chi connectivity index (χ1n) is 8.22. The standard InChI is InChI=1S/C19H21N3O2/c1-2-15-7-3-4-8-16(15)22-18(24)19(9-10-19)17(23)21-13-14-6-5-11-20-12-14/h3-8,11-12H,2,9-10,13H2,1H3,(H,21,23)(H,22,24). The second kappa shape index (κ2) is 6.83. The van der Waals surface area contributed by atoms with E-state index in [-0.39, 0.29) is 11.8 Å². The lowest BCUT2D eigenvalue weighted by atomic mass is 10.0. The van der Waals surface area contributed by atoms with Gasteiger partial charge >= 0.3 is 0 Å². The number of pyridine rings is 1. The van der Waals surface area contributed by atoms with E-state index in [1.165, 1.54) is 0 Å². The fourth-order valence-electron chi connectivity index (χ4n) is 2.73. The molecule has 3 rings (SSSR count). The van der Waals surface area contributed by atoms with Crippen molar-refractivity contribution in [3.05, 3.63) is 59.9 Å². The maximum absolute atomic E-state index is 12.6. The van der Waals surface area contributed by atoms with Gasteiger partial charge in [-0.1, -0.05) is 31.2 Å². The monoisotopic (exact) mass is 323 g/mol. The van der Waals surface area contributed by atoms with Gasteiger partial charge in [-0.25, -0.2) is 0 Å². The highest BCUT2D eigenvalue weighted by molar-refractivity contribution is 6.13. The van der Waals surface area contributed by atoms with Crippen LogP contribution in [0.1, 0.15) is 30.9 Å². The highest BCUT2D eigenvalue weighted by Crippen LogP contribution is 2.47. The number of aromatic nitrogens is 1. The maximum atomic E-state index is 12.6. The zero-order valence-electron chi connectivity index (χ0n) is 13.7. The van der Waals surface area contributed by atoms with Gasteiger partial charge in [0.15, 0.2) is 0 Å². The van der Waals surface area contributed by atoms with E-state index in [0.29, 0.717) is 19.4 Å². The van der Waals surface area contributed by atoms with Crippen LogP contribution < -0.4 is 10.6 Å². The highest BCUT2D eigenvalue weighted by atomic mass is 16.2. The third kappa shape index (κ3) is 3.30. The van der Waals surface area contributed by atoms with Gasteiger partial charge in [0.1, 0.15) is 5.41 Å². The number of nitrogens with one attached hydrogen (secondary N) is 2. The predicted molar refractivity (Wildman–Crippen MR) is 92.2 cm³/mol. The molecule has 1 aliphatic carbocycles. The van der Waals surface area contributed by atoms with Crippen LogP contribution in [0.2, 0.25) is 0 Å². The quantitative estimate of drug-likeness (QED) is 0.803. The number of carbonyl (C=O) groups is 2. The van der Waals surface area contributed by atoms with Crippen LogP contribution in [0.25, 0.3) is 0 Å². The van der Waals surface area contributed by atoms with Crippen molar-refractivity contribution in [2.75, 3.05) is 5.32 Å². The van der Waals surface area contributed by atoms with E-state index in [2.05, 4.69) is 15.6 Å². The molecule has 5 heteroatoms. The van der Waals surface area contributed by atoms with Gasteiger partial charge in [-0.05, 0) is 42.5 Å². The molecule has 1 aliphatic rings. The van der Waals surface area contributed by atoms with Crippen molar-refractivity contribution >= 4 is 17.5 Å². The second-order valence-electron chi connectivity index (χ2n) is 6.09. The van der Waals surface area contributed by atoms with Crippen LogP contribution in [0.3, 0.4) is 0 Å². The zero-order chi connectivity index (χ0) is 17.0. The predicted octanol–water partition coefficient (Wildman–Crippen LogP) is 2.68. The molecule has 0 saturated heterocycles. The number of aryl methyl sites for hydroxylation is 1. The van der Waals surface area contributed by atoms with Crippen LogP contribution in [0.4, 0.5) is 5.69 Å². The number of anilines is 1. The Kier molecular flexibility index (Phi) is 4.60. The van der Waals surface area contributed by atoms with E-state index in [0.717, 1.165) is 23.2 Å². The second-order valence-corrected chi connectivity index (χ2v) is 6.09. The SMILES string of the molecule is CCc1ccccc1NC(=O)C1(C(=O)NCc2cccnc2)CC1. The Morgan fingerprint density at radius 1 is 1.12 bits per heavy atom. The molecule has 0 atom stereocenters. The third-order valence-corrected chi connectivity index (χ3v) is 4.44. The molecule has 124 valence electrons. The van der Waals surface area contributed by atoms with Gasteiger partial charge in [0.2, 0.25) is 11.8 Å². The molecule has 5 nitrogen and oxygen atoms in total. The first-order chi connectivity index (χ1) is 11.7. The Labute approximate surface area is 141 Å². The summed E-state index contributed by atoms with van der Waals surface area (Å²) in [7, 11) is 0. The van der Waals surface area contributed by atoms with Crippen LogP contribution in [0.15, 0.2) is 48.8 Å². The minimum Gasteiger partial charge on any atom is -0.351 e. The molecule has 2 amide bonds. The van der Waals surface area contributed by atoms with Gasteiger partial charge in [0.25, 0.3) is 0 Å². The van der Waals surface area contributed by atoms with Gasteiger partial charge in [-0.15, -0.1) is 0 Å². The zero-order valence-corrected chi connectivity index (χ0v) is 13.7. The summed E-state index contributed by atoms with van der Waals surface area (Å²) in [5.41, 5.74) is 1.84. The van der Waals surface area contributed by atoms with E-state index in [1.54, 1.807) is 12.4 Å². The fraction of sp³-hybridized carbons (Fsp3) is 0.316. The normalized spacial score (nSPS) is 14.7. The lowest BCUT2D eigenvalue weighted by Crippen LogP contribution is -2.39. The molecule has 0 bridgehead atoms. The molecule has 1 aromatic heterocycles. The summed E-state index contributed by atoms with van der Waals surface area (Å²) in [6, 6.07) is 11.4. The largest absolute Gasteiger partial charge is 0.351 e. The van der Waals surface area contributed by atoms with Gasteiger partial charge in [0.05, 0.1) is 0 Å². The molecule has 1 heterocycles. The number of hydrogen-bond donors (Lipinski definition) is 2. The van der Waals surface area contributed by atoms with E-state index < -0.39 is 5.41 Å². The van der Waals surface area contributed by atoms with Crippen molar-refractivity contribution < 1.29 is 9.59 Å². The summed E-state index contributed by atoms with van der Waals surface area (Å²) < 4.78 is 0. The molecule has 2 N–H and O–H groups in total. The van der Waals surface area contributed by atoms with Crippen molar-refractivity contribution in [3.63, 3.8) is 0 Å². The number of carbonyl (C=O) groups excluding carboxylic acids is 2. The first-order valence-corrected chi connectivity index (χ1v) is 8.22. The lowest BCUT2D eigenvalue weighted by molar-refractivity contribution is -0.134. The minimum absolute atomic E-state index is 0.210. The van der Waals surface area contributed by atoms with E-state index in [4.69, 9.17) is 0 Å². The summed E-state index contributed by atoms with van der Waals surface area (Å²) in [6.07, 6.45) is 5.40. The summed E-state index contributed by atoms with van der Waals surface area (Å²) >= 11 is 0. The number of para-hydroxylation sites is 1. The number of rotatable bonds is 6. The van der Waals surface area contributed by atoms with Gasteiger partial charge in [-0.2, -0.15) is 0 Å². The Morgan fingerprint density at radius 2 is 1.92 bits per heavy atom. The Bertz CT molecular complexity index is 739. The average molecular weight is 323 g/mol. The van der Waals surface area contributed by atoms with Crippen LogP contribution in [-0.4, -0.2) is 16.8 Å². The average Bonchev–Trinajstić information content (AvgIpc) is 3.43. The molecule has 0 aliphatic heterocycles. The molecule has 1 saturated carbocycles. The van der Waals surface area contributed by atoms with E-state index in [1.807, 2.05) is 43.3 Å². The van der Waals surface area contributed by atoms with Crippen LogP contribution in [0, 0.1) is 5.41 Å². The summed E-state index contributed by atoms with van der Waals surface area (Å²) in [6.45, 7) is 2.42. The summed E-state index contributed by atoms with van der Waals surface area (Å²) in [5, 5.41) is 5.79. The van der Waals surface area contributed by atoms with Gasteiger partial charge < -0.3 is 10.6 Å².